The molecule has 4 nitrogen and oxygen atoms in total. The summed E-state index contributed by atoms with van der Waals surface area (Å²) in [5, 5.41) is 6.11. The SMILES string of the molecule is O=NCCCN1CCNCC1. The molecule has 1 aliphatic rings. The van der Waals surface area contributed by atoms with E-state index in [0.29, 0.717) is 6.54 Å². The van der Waals surface area contributed by atoms with Gasteiger partial charge >= 0.3 is 0 Å². The van der Waals surface area contributed by atoms with Crippen molar-refractivity contribution >= 4 is 0 Å². The number of nitrogens with zero attached hydrogens (tertiary/aromatic N) is 2. The van der Waals surface area contributed by atoms with Crippen LogP contribution in [0, 0.1) is 4.91 Å². The van der Waals surface area contributed by atoms with Crippen LogP contribution < -0.4 is 5.32 Å². The number of nitrogens with one attached hydrogen (secondary N) is 1. The first-order valence-corrected chi connectivity index (χ1v) is 4.15. The van der Waals surface area contributed by atoms with Crippen LogP contribution in [0.25, 0.3) is 0 Å². The summed E-state index contributed by atoms with van der Waals surface area (Å²) in [5.41, 5.74) is 0. The fourth-order valence-electron chi connectivity index (χ4n) is 1.29. The van der Waals surface area contributed by atoms with Crippen molar-refractivity contribution in [2.24, 2.45) is 5.18 Å². The molecule has 1 saturated heterocycles. The highest BCUT2D eigenvalue weighted by atomic mass is 16.3. The van der Waals surface area contributed by atoms with Crippen molar-refractivity contribution in [3.8, 4) is 0 Å². The van der Waals surface area contributed by atoms with Crippen molar-refractivity contribution in [2.45, 2.75) is 6.42 Å². The van der Waals surface area contributed by atoms with Crippen LogP contribution in [0.3, 0.4) is 0 Å². The standard InChI is InChI=1S/C7H15N3O/c11-9-2-1-5-10-6-3-8-4-7-10/h8H,1-7H2. The van der Waals surface area contributed by atoms with Crippen molar-refractivity contribution in [2.75, 3.05) is 39.3 Å². The fourth-order valence-corrected chi connectivity index (χ4v) is 1.29. The van der Waals surface area contributed by atoms with Crippen molar-refractivity contribution in [3.05, 3.63) is 4.91 Å². The highest BCUT2D eigenvalue weighted by Gasteiger charge is 2.07. The molecule has 1 N–H and O–H groups in total. The Balaban J connectivity index is 2.00. The smallest absolute Gasteiger partial charge is 0.0823 e. The van der Waals surface area contributed by atoms with Gasteiger partial charge in [-0.3, -0.25) is 0 Å². The number of hydrogen-bond donors (Lipinski definition) is 1. The third-order valence-electron chi connectivity index (χ3n) is 1.93. The zero-order chi connectivity index (χ0) is 7.94. The Hall–Kier alpha value is -0.480. The van der Waals surface area contributed by atoms with Crippen molar-refractivity contribution in [3.63, 3.8) is 0 Å². The van der Waals surface area contributed by atoms with E-state index in [9.17, 15) is 4.91 Å². The van der Waals surface area contributed by atoms with E-state index in [1.807, 2.05) is 0 Å². The lowest BCUT2D eigenvalue weighted by Crippen LogP contribution is -2.43. The number of piperazine rings is 1. The van der Waals surface area contributed by atoms with E-state index in [1.54, 1.807) is 0 Å². The van der Waals surface area contributed by atoms with Gasteiger partial charge in [0.05, 0.1) is 6.54 Å². The predicted octanol–water partition coefficient (Wildman–Crippen LogP) is 0.0481. The fraction of sp³-hybridized carbons (Fsp3) is 1.00. The molecule has 1 fully saturated rings. The molecule has 0 amide bonds. The Labute approximate surface area is 66.9 Å². The highest BCUT2D eigenvalue weighted by Crippen LogP contribution is 1.93. The van der Waals surface area contributed by atoms with E-state index < -0.39 is 0 Å². The zero-order valence-corrected chi connectivity index (χ0v) is 6.75. The maximum Gasteiger partial charge on any atom is 0.0823 e. The second-order valence-corrected chi connectivity index (χ2v) is 2.80. The van der Waals surface area contributed by atoms with Gasteiger partial charge in [0.25, 0.3) is 0 Å². The van der Waals surface area contributed by atoms with E-state index in [0.717, 1.165) is 39.1 Å². The van der Waals surface area contributed by atoms with Crippen molar-refractivity contribution in [1.82, 2.24) is 10.2 Å². The second-order valence-electron chi connectivity index (χ2n) is 2.80. The summed E-state index contributed by atoms with van der Waals surface area (Å²) >= 11 is 0. The number of rotatable bonds is 4. The predicted molar refractivity (Wildman–Crippen MR) is 44.6 cm³/mol. The van der Waals surface area contributed by atoms with E-state index in [2.05, 4.69) is 15.4 Å². The van der Waals surface area contributed by atoms with E-state index in [4.69, 9.17) is 0 Å². The third kappa shape index (κ3) is 3.43. The maximum atomic E-state index is 9.77. The van der Waals surface area contributed by atoms with Crippen LogP contribution in [0.1, 0.15) is 6.42 Å². The summed E-state index contributed by atoms with van der Waals surface area (Å²) in [6.07, 6.45) is 0.906. The van der Waals surface area contributed by atoms with Crippen LogP contribution >= 0.6 is 0 Å². The van der Waals surface area contributed by atoms with Gasteiger partial charge in [-0.1, -0.05) is 5.18 Å². The van der Waals surface area contributed by atoms with Gasteiger partial charge in [0.15, 0.2) is 0 Å². The average Bonchev–Trinajstić information content (AvgIpc) is 2.07. The molecule has 0 aliphatic carbocycles. The Kier molecular flexibility index (Phi) is 4.08. The first-order valence-electron chi connectivity index (χ1n) is 4.15. The van der Waals surface area contributed by atoms with Crippen molar-refractivity contribution in [1.29, 1.82) is 0 Å². The Morgan fingerprint density at radius 3 is 2.73 bits per heavy atom. The van der Waals surface area contributed by atoms with Gasteiger partial charge in [-0.05, 0) is 6.42 Å². The maximum absolute atomic E-state index is 9.77. The Morgan fingerprint density at radius 2 is 2.09 bits per heavy atom. The van der Waals surface area contributed by atoms with Gasteiger partial charge in [-0.25, -0.2) is 0 Å². The molecular formula is C7H15N3O. The summed E-state index contributed by atoms with van der Waals surface area (Å²) in [5.74, 6) is 0. The largest absolute Gasteiger partial charge is 0.314 e. The number of hydrogen-bond acceptors (Lipinski definition) is 4. The molecule has 1 aliphatic heterocycles. The quantitative estimate of drug-likeness (QED) is 0.463. The molecule has 0 spiro atoms. The van der Waals surface area contributed by atoms with Crippen LogP contribution in [-0.4, -0.2) is 44.2 Å². The van der Waals surface area contributed by atoms with Gasteiger partial charge in [0.1, 0.15) is 0 Å². The summed E-state index contributed by atoms with van der Waals surface area (Å²) in [4.78, 5) is 12.1. The molecule has 0 radical (unpaired) electrons. The molecule has 0 unspecified atom stereocenters. The normalized spacial score (nSPS) is 20.0. The lowest BCUT2D eigenvalue weighted by molar-refractivity contribution is 0.240. The average molecular weight is 157 g/mol. The van der Waals surface area contributed by atoms with Crippen LogP contribution in [0.15, 0.2) is 5.18 Å². The second kappa shape index (κ2) is 5.21. The Bertz CT molecular complexity index is 112. The molecule has 11 heavy (non-hydrogen) atoms. The van der Waals surface area contributed by atoms with E-state index in [1.165, 1.54) is 0 Å². The van der Waals surface area contributed by atoms with Crippen molar-refractivity contribution < 1.29 is 0 Å². The van der Waals surface area contributed by atoms with Gasteiger partial charge in [0.2, 0.25) is 0 Å². The highest BCUT2D eigenvalue weighted by molar-refractivity contribution is 4.67. The van der Waals surface area contributed by atoms with Crippen LogP contribution in [0.5, 0.6) is 0 Å². The topological polar surface area (TPSA) is 44.7 Å². The van der Waals surface area contributed by atoms with Gasteiger partial charge in [-0.15, -0.1) is 0 Å². The van der Waals surface area contributed by atoms with Gasteiger partial charge < -0.3 is 10.2 Å². The lowest BCUT2D eigenvalue weighted by Gasteiger charge is -2.26. The number of nitroso groups, excluding NO2 is 1. The molecular weight excluding hydrogens is 142 g/mol. The molecule has 0 aromatic rings. The first-order chi connectivity index (χ1) is 5.43. The van der Waals surface area contributed by atoms with E-state index >= 15 is 0 Å². The Morgan fingerprint density at radius 1 is 1.36 bits per heavy atom. The summed E-state index contributed by atoms with van der Waals surface area (Å²) in [6, 6.07) is 0. The minimum atomic E-state index is 0.462. The summed E-state index contributed by atoms with van der Waals surface area (Å²) in [7, 11) is 0. The van der Waals surface area contributed by atoms with Crippen LogP contribution in [-0.2, 0) is 0 Å². The lowest BCUT2D eigenvalue weighted by atomic mass is 10.3. The third-order valence-corrected chi connectivity index (χ3v) is 1.93. The van der Waals surface area contributed by atoms with Crippen LogP contribution in [0.2, 0.25) is 0 Å². The summed E-state index contributed by atoms with van der Waals surface area (Å²) < 4.78 is 0. The molecule has 64 valence electrons. The van der Waals surface area contributed by atoms with Gasteiger partial charge in [0, 0.05) is 32.7 Å². The first kappa shape index (κ1) is 8.62. The minimum Gasteiger partial charge on any atom is -0.314 e. The molecule has 0 atom stereocenters. The minimum absolute atomic E-state index is 0.462. The van der Waals surface area contributed by atoms with Crippen LogP contribution in [0.4, 0.5) is 0 Å². The van der Waals surface area contributed by atoms with Gasteiger partial charge in [-0.2, -0.15) is 4.91 Å². The molecule has 1 rings (SSSR count). The molecule has 0 aromatic carbocycles. The molecule has 0 aromatic heterocycles. The molecule has 0 bridgehead atoms. The molecule has 1 heterocycles. The summed E-state index contributed by atoms with van der Waals surface area (Å²) in [6.45, 7) is 5.86. The zero-order valence-electron chi connectivity index (χ0n) is 6.75. The monoisotopic (exact) mass is 157 g/mol. The molecule has 4 heteroatoms. The molecule has 0 saturated carbocycles. The van der Waals surface area contributed by atoms with E-state index in [-0.39, 0.29) is 0 Å².